The van der Waals surface area contributed by atoms with Gasteiger partial charge in [0.2, 0.25) is 0 Å². The van der Waals surface area contributed by atoms with E-state index in [0.29, 0.717) is 24.7 Å². The first-order valence-corrected chi connectivity index (χ1v) is 9.99. The second-order valence-corrected chi connectivity index (χ2v) is 8.56. The van der Waals surface area contributed by atoms with Crippen LogP contribution in [0.3, 0.4) is 0 Å². The summed E-state index contributed by atoms with van der Waals surface area (Å²) >= 11 is 0. The number of hydrogen-bond acceptors (Lipinski definition) is 4. The number of hydrazine groups is 1. The molecule has 2 N–H and O–H groups in total. The minimum atomic E-state index is -1.02. The Labute approximate surface area is 166 Å². The molecule has 0 saturated carbocycles. The predicted octanol–water partition coefficient (Wildman–Crippen LogP) is 1.94. The zero-order valence-corrected chi connectivity index (χ0v) is 16.9. The van der Waals surface area contributed by atoms with E-state index >= 15 is 0 Å². The minimum absolute atomic E-state index is 0.187. The van der Waals surface area contributed by atoms with Crippen molar-refractivity contribution in [1.82, 2.24) is 20.7 Å². The molecule has 0 aliphatic carbocycles. The van der Waals surface area contributed by atoms with Gasteiger partial charge in [0.25, 0.3) is 11.8 Å². The number of rotatable bonds is 6. The van der Waals surface area contributed by atoms with Crippen molar-refractivity contribution in [2.24, 2.45) is 11.8 Å². The van der Waals surface area contributed by atoms with Crippen LogP contribution in [0.15, 0.2) is 30.3 Å². The highest BCUT2D eigenvalue weighted by Gasteiger charge is 2.48. The molecule has 2 aliphatic rings. The molecule has 1 aromatic carbocycles. The van der Waals surface area contributed by atoms with Gasteiger partial charge >= 0.3 is 6.03 Å². The van der Waals surface area contributed by atoms with Crippen LogP contribution in [0, 0.1) is 11.8 Å². The topological polar surface area (TPSA) is 81.8 Å². The van der Waals surface area contributed by atoms with Crippen molar-refractivity contribution in [2.75, 3.05) is 19.6 Å². The molecule has 0 unspecified atom stereocenters. The number of amides is 4. The smallest absolute Gasteiger partial charge is 0.322 e. The number of imide groups is 1. The maximum atomic E-state index is 12.8. The molecule has 0 aromatic heterocycles. The van der Waals surface area contributed by atoms with E-state index in [9.17, 15) is 14.4 Å². The number of nitrogens with zero attached hydrogens (tertiary/aromatic N) is 2. The summed E-state index contributed by atoms with van der Waals surface area (Å²) in [6, 6.07) is 9.24. The lowest BCUT2D eigenvalue weighted by Gasteiger charge is -2.34. The van der Waals surface area contributed by atoms with Gasteiger partial charge in [-0.1, -0.05) is 44.2 Å². The lowest BCUT2D eigenvalue weighted by atomic mass is 9.92. The van der Waals surface area contributed by atoms with E-state index in [0.717, 1.165) is 30.1 Å². The minimum Gasteiger partial charge on any atom is -0.322 e. The molecular formula is C21H30N4O3. The average molecular weight is 386 g/mol. The number of benzene rings is 1. The van der Waals surface area contributed by atoms with Gasteiger partial charge in [-0.05, 0) is 43.6 Å². The van der Waals surface area contributed by atoms with Gasteiger partial charge in [0.05, 0.1) is 6.54 Å². The lowest BCUT2D eigenvalue weighted by molar-refractivity contribution is -0.139. The Morgan fingerprint density at radius 1 is 1.18 bits per heavy atom. The molecule has 0 spiro atoms. The van der Waals surface area contributed by atoms with Gasteiger partial charge < -0.3 is 5.32 Å². The Kier molecular flexibility index (Phi) is 6.03. The molecular weight excluding hydrogens is 356 g/mol. The second-order valence-electron chi connectivity index (χ2n) is 8.56. The molecule has 152 valence electrons. The average Bonchev–Trinajstić information content (AvgIpc) is 2.83. The van der Waals surface area contributed by atoms with Gasteiger partial charge in [-0.2, -0.15) is 5.01 Å². The molecule has 28 heavy (non-hydrogen) atoms. The standard InChI is InChI=1S/C21H30N4O3/c1-15-11-16(2)13-24(12-15)14-18(26)23-25-19(27)21(3,22-20(25)28)10-9-17-7-5-4-6-8-17/h4-8,15-16H,9-14H2,1-3H3,(H,22,28)(H,23,26)/t15-,16-,21-/m1/s1. The molecule has 1 aromatic rings. The summed E-state index contributed by atoms with van der Waals surface area (Å²) in [6.07, 6.45) is 2.29. The molecule has 4 amide bonds. The van der Waals surface area contributed by atoms with Crippen molar-refractivity contribution in [3.63, 3.8) is 0 Å². The molecule has 7 nitrogen and oxygen atoms in total. The van der Waals surface area contributed by atoms with Gasteiger partial charge in [-0.25, -0.2) is 4.79 Å². The van der Waals surface area contributed by atoms with Gasteiger partial charge in [-0.3, -0.25) is 19.9 Å². The summed E-state index contributed by atoms with van der Waals surface area (Å²) in [7, 11) is 0. The molecule has 2 aliphatic heterocycles. The zero-order chi connectivity index (χ0) is 20.3. The van der Waals surface area contributed by atoms with Crippen molar-refractivity contribution < 1.29 is 14.4 Å². The summed E-state index contributed by atoms with van der Waals surface area (Å²) in [5, 5.41) is 3.57. The number of likely N-dealkylation sites (tertiary alicyclic amines) is 1. The lowest BCUT2D eigenvalue weighted by Crippen LogP contribution is -2.52. The molecule has 7 heteroatoms. The third-order valence-corrected chi connectivity index (χ3v) is 5.57. The number of aryl methyl sites for hydroxylation is 1. The SMILES string of the molecule is C[C@@H]1C[C@@H](C)CN(CC(=O)NN2C(=O)N[C@](C)(CCc3ccccc3)C2=O)C1. The number of carbonyl (C=O) groups is 3. The molecule has 2 fully saturated rings. The molecule has 3 rings (SSSR count). The Hall–Kier alpha value is -2.41. The van der Waals surface area contributed by atoms with Crippen LogP contribution in [-0.4, -0.2) is 52.9 Å². The number of hydrogen-bond donors (Lipinski definition) is 2. The third-order valence-electron chi connectivity index (χ3n) is 5.57. The highest BCUT2D eigenvalue weighted by atomic mass is 16.2. The quantitative estimate of drug-likeness (QED) is 0.732. The highest BCUT2D eigenvalue weighted by molar-refractivity contribution is 6.07. The van der Waals surface area contributed by atoms with E-state index < -0.39 is 17.5 Å². The zero-order valence-electron chi connectivity index (χ0n) is 16.9. The van der Waals surface area contributed by atoms with E-state index in [1.807, 2.05) is 30.3 Å². The summed E-state index contributed by atoms with van der Waals surface area (Å²) in [6.45, 7) is 7.95. The fourth-order valence-electron chi connectivity index (χ4n) is 4.28. The monoisotopic (exact) mass is 386 g/mol. The van der Waals surface area contributed by atoms with Crippen LogP contribution in [0.2, 0.25) is 0 Å². The van der Waals surface area contributed by atoms with E-state index in [2.05, 4.69) is 29.5 Å². The fourth-order valence-corrected chi connectivity index (χ4v) is 4.28. The first-order chi connectivity index (χ1) is 13.3. The summed E-state index contributed by atoms with van der Waals surface area (Å²) < 4.78 is 0. The summed E-state index contributed by atoms with van der Waals surface area (Å²) in [4.78, 5) is 39.6. The molecule has 0 radical (unpaired) electrons. The Balaban J connectivity index is 1.56. The first kappa shape index (κ1) is 20.3. The molecule has 2 saturated heterocycles. The normalized spacial score (nSPS) is 28.3. The molecule has 0 bridgehead atoms. The predicted molar refractivity (Wildman–Crippen MR) is 106 cm³/mol. The van der Waals surface area contributed by atoms with E-state index in [1.165, 1.54) is 0 Å². The van der Waals surface area contributed by atoms with Crippen LogP contribution in [0.5, 0.6) is 0 Å². The van der Waals surface area contributed by atoms with Crippen LogP contribution < -0.4 is 10.7 Å². The molecule has 2 heterocycles. The van der Waals surface area contributed by atoms with Crippen molar-refractivity contribution in [3.05, 3.63) is 35.9 Å². The number of urea groups is 1. The van der Waals surface area contributed by atoms with Crippen LogP contribution >= 0.6 is 0 Å². The van der Waals surface area contributed by atoms with Gasteiger partial charge in [0.15, 0.2) is 0 Å². The van der Waals surface area contributed by atoms with E-state index in [1.54, 1.807) is 6.92 Å². The Morgan fingerprint density at radius 3 is 2.46 bits per heavy atom. The summed E-state index contributed by atoms with van der Waals surface area (Å²) in [5.74, 6) is 0.323. The Bertz CT molecular complexity index is 728. The number of carbonyl (C=O) groups excluding carboxylic acids is 3. The van der Waals surface area contributed by atoms with E-state index in [4.69, 9.17) is 0 Å². The van der Waals surface area contributed by atoms with Crippen molar-refractivity contribution in [3.8, 4) is 0 Å². The highest BCUT2D eigenvalue weighted by Crippen LogP contribution is 2.23. The van der Waals surface area contributed by atoms with Crippen LogP contribution in [0.25, 0.3) is 0 Å². The van der Waals surface area contributed by atoms with Crippen LogP contribution in [0.1, 0.15) is 39.2 Å². The third kappa shape index (κ3) is 4.70. The fraction of sp³-hybridized carbons (Fsp3) is 0.571. The Morgan fingerprint density at radius 2 is 1.82 bits per heavy atom. The maximum Gasteiger partial charge on any atom is 0.344 e. The number of nitrogens with one attached hydrogen (secondary N) is 2. The van der Waals surface area contributed by atoms with E-state index in [-0.39, 0.29) is 12.5 Å². The largest absolute Gasteiger partial charge is 0.344 e. The molecule has 3 atom stereocenters. The second kappa shape index (κ2) is 8.31. The van der Waals surface area contributed by atoms with Gasteiger partial charge in [0.1, 0.15) is 5.54 Å². The van der Waals surface area contributed by atoms with Crippen molar-refractivity contribution in [1.29, 1.82) is 0 Å². The number of piperidine rings is 1. The van der Waals surface area contributed by atoms with Gasteiger partial charge in [-0.15, -0.1) is 0 Å². The summed E-state index contributed by atoms with van der Waals surface area (Å²) in [5.41, 5.74) is 2.58. The maximum absolute atomic E-state index is 12.8. The van der Waals surface area contributed by atoms with Gasteiger partial charge in [0, 0.05) is 13.1 Å². The van der Waals surface area contributed by atoms with Crippen molar-refractivity contribution in [2.45, 2.75) is 45.6 Å². The van der Waals surface area contributed by atoms with Crippen molar-refractivity contribution >= 4 is 17.8 Å². The van der Waals surface area contributed by atoms with Crippen LogP contribution in [0.4, 0.5) is 4.79 Å². The first-order valence-electron chi connectivity index (χ1n) is 9.99. The van der Waals surface area contributed by atoms with Crippen LogP contribution in [-0.2, 0) is 16.0 Å².